The first kappa shape index (κ1) is 11.0. The average Bonchev–Trinajstić information content (AvgIpc) is 2.56. The smallest absolute Gasteiger partial charge is 0.237 e. The Morgan fingerprint density at radius 2 is 2.50 bits per heavy atom. The van der Waals surface area contributed by atoms with Gasteiger partial charge in [-0.1, -0.05) is 11.8 Å². The Morgan fingerprint density at radius 3 is 3.00 bits per heavy atom. The number of rotatable bonds is 5. The summed E-state index contributed by atoms with van der Waals surface area (Å²) in [6.45, 7) is 1.62. The fraction of sp³-hybridized carbons (Fsp3) is 0.571. The highest BCUT2D eigenvalue weighted by molar-refractivity contribution is 7.99. The van der Waals surface area contributed by atoms with Crippen molar-refractivity contribution in [3.05, 3.63) is 6.33 Å². The van der Waals surface area contributed by atoms with Crippen molar-refractivity contribution in [2.75, 3.05) is 5.75 Å². The van der Waals surface area contributed by atoms with E-state index in [2.05, 4.69) is 15.2 Å². The number of H-pyrrole nitrogens is 1. The Hall–Kier alpha value is -1.08. The van der Waals surface area contributed by atoms with Gasteiger partial charge in [0.2, 0.25) is 5.91 Å². The number of nitrogens with one attached hydrogen (secondary N) is 1. The summed E-state index contributed by atoms with van der Waals surface area (Å²) in [6.07, 6.45) is 1.94. The van der Waals surface area contributed by atoms with Gasteiger partial charge in [0.1, 0.15) is 6.33 Å². The maximum Gasteiger partial charge on any atom is 0.237 e. The molecule has 0 aromatic carbocycles. The van der Waals surface area contributed by atoms with Crippen LogP contribution in [0.1, 0.15) is 13.3 Å². The van der Waals surface area contributed by atoms with E-state index in [-0.39, 0.29) is 0 Å². The molecular formula is C7H13N5OS. The zero-order chi connectivity index (χ0) is 10.6. The molecule has 14 heavy (non-hydrogen) atoms. The second kappa shape index (κ2) is 4.43. The quantitative estimate of drug-likeness (QED) is 0.573. The first-order valence-corrected chi connectivity index (χ1v) is 5.08. The molecular weight excluding hydrogens is 202 g/mol. The van der Waals surface area contributed by atoms with Crippen LogP contribution < -0.4 is 11.5 Å². The molecule has 78 valence electrons. The number of aromatic amines is 1. The maximum absolute atomic E-state index is 10.9. The lowest BCUT2D eigenvalue weighted by Crippen LogP contribution is -2.49. The highest BCUT2D eigenvalue weighted by atomic mass is 32.2. The number of hydrogen-bond donors (Lipinski definition) is 3. The molecule has 0 radical (unpaired) electrons. The van der Waals surface area contributed by atoms with E-state index in [1.165, 1.54) is 18.1 Å². The van der Waals surface area contributed by atoms with Crippen LogP contribution in [0.2, 0.25) is 0 Å². The topological polar surface area (TPSA) is 111 Å². The minimum atomic E-state index is -0.951. The molecule has 1 atom stereocenters. The van der Waals surface area contributed by atoms with E-state index in [1.807, 2.05) is 0 Å². The van der Waals surface area contributed by atoms with Crippen molar-refractivity contribution in [3.63, 3.8) is 0 Å². The summed E-state index contributed by atoms with van der Waals surface area (Å²) in [5.41, 5.74) is 9.83. The van der Waals surface area contributed by atoms with Gasteiger partial charge in [-0.15, -0.1) is 0 Å². The summed E-state index contributed by atoms with van der Waals surface area (Å²) in [4.78, 5) is 14.8. The van der Waals surface area contributed by atoms with Gasteiger partial charge in [-0.05, 0) is 13.3 Å². The highest BCUT2D eigenvalue weighted by Crippen LogP contribution is 2.16. The second-order valence-corrected chi connectivity index (χ2v) is 4.25. The van der Waals surface area contributed by atoms with Crippen LogP contribution in [-0.4, -0.2) is 32.4 Å². The molecule has 1 aromatic heterocycles. The van der Waals surface area contributed by atoms with Crippen molar-refractivity contribution in [1.29, 1.82) is 0 Å². The lowest BCUT2D eigenvalue weighted by Gasteiger charge is -2.19. The summed E-state index contributed by atoms with van der Waals surface area (Å²) in [5, 5.41) is 7.10. The Balaban J connectivity index is 2.31. The SMILES string of the molecule is CC(N)(CCSc1ncn[nH]1)C(N)=O. The number of aromatic nitrogens is 3. The minimum absolute atomic E-state index is 0.490. The lowest BCUT2D eigenvalue weighted by atomic mass is 10.0. The van der Waals surface area contributed by atoms with Gasteiger partial charge in [-0.25, -0.2) is 4.98 Å². The lowest BCUT2D eigenvalue weighted by molar-refractivity contribution is -0.122. The van der Waals surface area contributed by atoms with Crippen molar-refractivity contribution >= 4 is 17.7 Å². The molecule has 7 heteroatoms. The Morgan fingerprint density at radius 1 is 1.79 bits per heavy atom. The van der Waals surface area contributed by atoms with Gasteiger partial charge in [0.05, 0.1) is 5.54 Å². The first-order valence-electron chi connectivity index (χ1n) is 4.09. The Labute approximate surface area is 85.8 Å². The number of nitrogens with zero attached hydrogens (tertiary/aromatic N) is 2. The molecule has 1 rings (SSSR count). The van der Waals surface area contributed by atoms with E-state index in [9.17, 15) is 4.79 Å². The molecule has 0 spiro atoms. The summed E-state index contributed by atoms with van der Waals surface area (Å²) in [7, 11) is 0. The molecule has 0 saturated carbocycles. The molecule has 5 N–H and O–H groups in total. The number of amides is 1. The summed E-state index contributed by atoms with van der Waals surface area (Å²) in [6, 6.07) is 0. The van der Waals surface area contributed by atoms with Crippen LogP contribution in [0.3, 0.4) is 0 Å². The number of hydrogen-bond acceptors (Lipinski definition) is 5. The fourth-order valence-electron chi connectivity index (χ4n) is 0.747. The normalized spacial score (nSPS) is 15.0. The van der Waals surface area contributed by atoms with Gasteiger partial charge in [0.25, 0.3) is 0 Å². The van der Waals surface area contributed by atoms with E-state index < -0.39 is 11.4 Å². The first-order chi connectivity index (χ1) is 6.52. The second-order valence-electron chi connectivity index (χ2n) is 3.17. The molecule has 0 aliphatic heterocycles. The Kier molecular flexibility index (Phi) is 3.48. The van der Waals surface area contributed by atoms with Crippen LogP contribution >= 0.6 is 11.8 Å². The largest absolute Gasteiger partial charge is 0.368 e. The average molecular weight is 215 g/mol. The van der Waals surface area contributed by atoms with Crippen LogP contribution in [-0.2, 0) is 4.79 Å². The molecule has 1 amide bonds. The minimum Gasteiger partial charge on any atom is -0.368 e. The van der Waals surface area contributed by atoms with Crippen molar-refractivity contribution in [2.45, 2.75) is 24.0 Å². The van der Waals surface area contributed by atoms with Crippen molar-refractivity contribution in [3.8, 4) is 0 Å². The zero-order valence-electron chi connectivity index (χ0n) is 7.86. The van der Waals surface area contributed by atoms with Gasteiger partial charge in [0.15, 0.2) is 5.16 Å². The maximum atomic E-state index is 10.9. The number of nitrogens with two attached hydrogens (primary N) is 2. The summed E-state index contributed by atoms with van der Waals surface area (Å²) < 4.78 is 0. The standard InChI is InChI=1S/C7H13N5OS/c1-7(9,5(8)13)2-3-14-6-10-4-11-12-6/h4H,2-3,9H2,1H3,(H2,8,13)(H,10,11,12). The number of carbonyl (C=O) groups is 1. The molecule has 0 saturated heterocycles. The third kappa shape index (κ3) is 3.00. The van der Waals surface area contributed by atoms with E-state index in [1.54, 1.807) is 6.92 Å². The van der Waals surface area contributed by atoms with Crippen molar-refractivity contribution in [1.82, 2.24) is 15.2 Å². The molecule has 1 aromatic rings. The van der Waals surface area contributed by atoms with Crippen LogP contribution in [0.25, 0.3) is 0 Å². The molecule has 0 aliphatic carbocycles. The van der Waals surface area contributed by atoms with Crippen molar-refractivity contribution in [2.24, 2.45) is 11.5 Å². The molecule has 0 bridgehead atoms. The van der Waals surface area contributed by atoms with Crippen LogP contribution in [0.15, 0.2) is 11.5 Å². The van der Waals surface area contributed by atoms with Gasteiger partial charge in [0, 0.05) is 5.75 Å². The number of thioether (sulfide) groups is 1. The van der Waals surface area contributed by atoms with Crippen LogP contribution in [0.4, 0.5) is 0 Å². The Bertz CT molecular complexity index is 297. The van der Waals surface area contributed by atoms with Crippen LogP contribution in [0.5, 0.6) is 0 Å². The van der Waals surface area contributed by atoms with Gasteiger partial charge in [-0.2, -0.15) is 5.10 Å². The molecule has 1 heterocycles. The summed E-state index contributed by atoms with van der Waals surface area (Å²) in [5.74, 6) is 0.182. The third-order valence-corrected chi connectivity index (χ3v) is 2.69. The molecule has 0 aliphatic rings. The number of primary amides is 1. The fourth-order valence-corrected chi connectivity index (χ4v) is 1.71. The van der Waals surface area contributed by atoms with Gasteiger partial charge >= 0.3 is 0 Å². The predicted molar refractivity (Wildman–Crippen MR) is 53.5 cm³/mol. The van der Waals surface area contributed by atoms with Gasteiger partial charge < -0.3 is 11.5 Å². The van der Waals surface area contributed by atoms with E-state index in [0.29, 0.717) is 17.3 Å². The van der Waals surface area contributed by atoms with Crippen LogP contribution in [0, 0.1) is 0 Å². The predicted octanol–water partition coefficient (Wildman–Crippen LogP) is -0.510. The van der Waals surface area contributed by atoms with E-state index in [4.69, 9.17) is 11.5 Å². The third-order valence-electron chi connectivity index (χ3n) is 1.82. The molecule has 1 unspecified atom stereocenters. The van der Waals surface area contributed by atoms with E-state index in [0.717, 1.165) is 0 Å². The van der Waals surface area contributed by atoms with E-state index >= 15 is 0 Å². The number of carbonyl (C=O) groups excluding carboxylic acids is 1. The van der Waals surface area contributed by atoms with Gasteiger partial charge in [-0.3, -0.25) is 9.89 Å². The highest BCUT2D eigenvalue weighted by Gasteiger charge is 2.24. The monoisotopic (exact) mass is 215 g/mol. The summed E-state index contributed by atoms with van der Waals surface area (Å²) >= 11 is 1.45. The zero-order valence-corrected chi connectivity index (χ0v) is 8.67. The molecule has 6 nitrogen and oxygen atoms in total. The van der Waals surface area contributed by atoms with Crippen molar-refractivity contribution < 1.29 is 4.79 Å². The molecule has 0 fully saturated rings.